The molecule has 34 heavy (non-hydrogen) atoms. The van der Waals surface area contributed by atoms with Crippen molar-refractivity contribution in [1.29, 1.82) is 0 Å². The van der Waals surface area contributed by atoms with E-state index in [1.807, 2.05) is 30.3 Å². The highest BCUT2D eigenvalue weighted by Gasteiger charge is 2.33. The molecular formula is C24H23N3O6S. The Bertz CT molecular complexity index is 1290. The van der Waals surface area contributed by atoms with Crippen LogP contribution in [0.1, 0.15) is 28.5 Å². The number of amides is 2. The van der Waals surface area contributed by atoms with E-state index in [9.17, 15) is 23.1 Å². The Morgan fingerprint density at radius 3 is 2.44 bits per heavy atom. The van der Waals surface area contributed by atoms with Crippen molar-refractivity contribution in [3.05, 3.63) is 95.8 Å². The molecule has 2 amide bonds. The smallest absolute Gasteiger partial charge is 0.405 e. The van der Waals surface area contributed by atoms with Crippen molar-refractivity contribution in [2.75, 3.05) is 5.32 Å². The topological polar surface area (TPSA) is 129 Å². The molecule has 0 saturated heterocycles. The number of nitrogens with zero attached hydrogens (tertiary/aromatic N) is 1. The van der Waals surface area contributed by atoms with Crippen LogP contribution in [0.15, 0.2) is 82.6 Å². The summed E-state index contributed by atoms with van der Waals surface area (Å²) < 4.78 is 33.1. The molecule has 1 aliphatic heterocycles. The summed E-state index contributed by atoms with van der Waals surface area (Å²) in [4.78, 5) is 22.8. The second kappa shape index (κ2) is 9.54. The first-order valence-electron chi connectivity index (χ1n) is 10.4. The van der Waals surface area contributed by atoms with Crippen LogP contribution in [0, 0.1) is 0 Å². The second-order valence-corrected chi connectivity index (χ2v) is 9.72. The standard InChI is InChI=1S/C24H23N3O6S/c1-2-22(28)26-23-13-18-14-27(15-21(18)33-23)34(31,32)19-10-8-17(9-11-19)20(25-24(29)30)12-16-6-4-3-5-7-16/h2-11,13,20,25H,1,12,14-15H2,(H,26,28)(H,29,30). The van der Waals surface area contributed by atoms with Gasteiger partial charge < -0.3 is 14.8 Å². The first-order chi connectivity index (χ1) is 16.3. The predicted octanol–water partition coefficient (Wildman–Crippen LogP) is 3.66. The van der Waals surface area contributed by atoms with Crippen molar-refractivity contribution in [3.63, 3.8) is 0 Å². The Balaban J connectivity index is 1.49. The number of hydrogen-bond donors (Lipinski definition) is 3. The quantitative estimate of drug-likeness (QED) is 0.421. The van der Waals surface area contributed by atoms with Crippen LogP contribution in [-0.2, 0) is 34.3 Å². The molecule has 0 radical (unpaired) electrons. The number of rotatable bonds is 8. The molecule has 0 saturated carbocycles. The molecule has 4 rings (SSSR count). The Morgan fingerprint density at radius 2 is 1.82 bits per heavy atom. The molecule has 3 N–H and O–H groups in total. The van der Waals surface area contributed by atoms with Gasteiger partial charge in [0.15, 0.2) is 5.88 Å². The molecule has 0 bridgehead atoms. The largest absolute Gasteiger partial charge is 0.465 e. The van der Waals surface area contributed by atoms with Crippen molar-refractivity contribution in [2.24, 2.45) is 0 Å². The zero-order valence-corrected chi connectivity index (χ0v) is 18.9. The molecule has 1 aliphatic rings. The summed E-state index contributed by atoms with van der Waals surface area (Å²) in [7, 11) is -3.81. The maximum atomic E-state index is 13.2. The van der Waals surface area contributed by atoms with Crippen molar-refractivity contribution in [1.82, 2.24) is 9.62 Å². The number of carbonyl (C=O) groups is 2. The monoisotopic (exact) mass is 481 g/mol. The molecule has 3 aromatic rings. The Hall–Kier alpha value is -3.89. The average molecular weight is 482 g/mol. The zero-order chi connectivity index (χ0) is 24.3. The summed E-state index contributed by atoms with van der Waals surface area (Å²) >= 11 is 0. The van der Waals surface area contributed by atoms with Crippen LogP contribution >= 0.6 is 0 Å². The number of furan rings is 1. The minimum atomic E-state index is -3.81. The Labute approximate surface area is 196 Å². The number of sulfonamides is 1. The van der Waals surface area contributed by atoms with E-state index in [4.69, 9.17) is 4.42 Å². The molecule has 10 heteroatoms. The van der Waals surface area contributed by atoms with E-state index in [1.54, 1.807) is 18.2 Å². The number of carboxylic acid groups (broad SMARTS) is 1. The summed E-state index contributed by atoms with van der Waals surface area (Å²) in [6.45, 7) is 3.53. The van der Waals surface area contributed by atoms with Crippen molar-refractivity contribution >= 4 is 27.9 Å². The normalized spacial score (nSPS) is 14.2. The van der Waals surface area contributed by atoms with Crippen molar-refractivity contribution in [3.8, 4) is 0 Å². The van der Waals surface area contributed by atoms with Crippen LogP contribution in [0.2, 0.25) is 0 Å². The van der Waals surface area contributed by atoms with Crippen LogP contribution in [0.4, 0.5) is 10.7 Å². The molecule has 2 heterocycles. The average Bonchev–Trinajstić information content (AvgIpc) is 3.38. The van der Waals surface area contributed by atoms with Gasteiger partial charge >= 0.3 is 6.09 Å². The maximum absolute atomic E-state index is 13.2. The molecule has 0 fully saturated rings. The third kappa shape index (κ3) is 5.03. The second-order valence-electron chi connectivity index (χ2n) is 7.79. The lowest BCUT2D eigenvalue weighted by molar-refractivity contribution is -0.112. The number of benzene rings is 2. The van der Waals surface area contributed by atoms with Gasteiger partial charge in [-0.2, -0.15) is 4.31 Å². The summed E-state index contributed by atoms with van der Waals surface area (Å²) in [6.07, 6.45) is 0.382. The molecule has 0 spiro atoms. The van der Waals surface area contributed by atoms with Crippen LogP contribution < -0.4 is 10.6 Å². The fourth-order valence-corrected chi connectivity index (χ4v) is 5.19. The molecule has 9 nitrogen and oxygen atoms in total. The van der Waals surface area contributed by atoms with E-state index in [-0.39, 0.29) is 23.9 Å². The van der Waals surface area contributed by atoms with Gasteiger partial charge in [0.05, 0.1) is 17.5 Å². The molecule has 1 aromatic heterocycles. The van der Waals surface area contributed by atoms with Gasteiger partial charge in [0.2, 0.25) is 15.9 Å². The lowest BCUT2D eigenvalue weighted by atomic mass is 9.99. The van der Waals surface area contributed by atoms with Gasteiger partial charge in [0.1, 0.15) is 5.76 Å². The Kier molecular flexibility index (Phi) is 6.53. The summed E-state index contributed by atoms with van der Waals surface area (Å²) in [5, 5.41) is 14.3. The molecule has 1 atom stereocenters. The fraction of sp³-hybridized carbons (Fsp3) is 0.167. The van der Waals surface area contributed by atoms with Gasteiger partial charge in [0, 0.05) is 18.2 Å². The van der Waals surface area contributed by atoms with Crippen LogP contribution in [0.5, 0.6) is 0 Å². The number of hydrogen-bond acceptors (Lipinski definition) is 5. The molecule has 176 valence electrons. The van der Waals surface area contributed by atoms with E-state index in [2.05, 4.69) is 17.2 Å². The van der Waals surface area contributed by atoms with Gasteiger partial charge in [-0.05, 0) is 35.8 Å². The highest BCUT2D eigenvalue weighted by Crippen LogP contribution is 2.33. The van der Waals surface area contributed by atoms with Crippen LogP contribution in [-0.4, -0.2) is 29.8 Å². The van der Waals surface area contributed by atoms with Crippen molar-refractivity contribution in [2.45, 2.75) is 30.4 Å². The van der Waals surface area contributed by atoms with Gasteiger partial charge in [-0.25, -0.2) is 13.2 Å². The summed E-state index contributed by atoms with van der Waals surface area (Å²) in [5.41, 5.74) is 2.28. The Morgan fingerprint density at radius 1 is 1.12 bits per heavy atom. The molecule has 2 aromatic carbocycles. The number of carbonyl (C=O) groups excluding carboxylic acids is 1. The number of nitrogens with one attached hydrogen (secondary N) is 2. The molecule has 1 unspecified atom stereocenters. The molecule has 0 aliphatic carbocycles. The lowest BCUT2D eigenvalue weighted by Crippen LogP contribution is -2.28. The minimum Gasteiger partial charge on any atom is -0.465 e. The van der Waals surface area contributed by atoms with Gasteiger partial charge in [0.25, 0.3) is 0 Å². The number of anilines is 1. The van der Waals surface area contributed by atoms with E-state index in [0.29, 0.717) is 23.3 Å². The summed E-state index contributed by atoms with van der Waals surface area (Å²) in [5.74, 6) is 0.291. The molecular weight excluding hydrogens is 458 g/mol. The summed E-state index contributed by atoms with van der Waals surface area (Å²) in [6, 6.07) is 16.7. The van der Waals surface area contributed by atoms with Gasteiger partial charge in [-0.1, -0.05) is 49.0 Å². The number of fused-ring (bicyclic) bond motifs is 1. The highest BCUT2D eigenvalue weighted by atomic mass is 32.2. The first-order valence-corrected chi connectivity index (χ1v) is 11.9. The van der Waals surface area contributed by atoms with E-state index in [0.717, 1.165) is 11.6 Å². The lowest BCUT2D eigenvalue weighted by Gasteiger charge is -2.19. The van der Waals surface area contributed by atoms with E-state index < -0.39 is 28.1 Å². The van der Waals surface area contributed by atoms with Gasteiger partial charge in [-0.3, -0.25) is 10.1 Å². The SMILES string of the molecule is C=CC(=O)Nc1cc2c(o1)CN(S(=O)(=O)c1ccc(C(Cc3ccccc3)NC(=O)O)cc1)C2. The van der Waals surface area contributed by atoms with Crippen LogP contribution in [0.3, 0.4) is 0 Å². The predicted molar refractivity (Wildman–Crippen MR) is 124 cm³/mol. The first kappa shape index (κ1) is 23.3. The minimum absolute atomic E-state index is 0.0422. The third-order valence-electron chi connectivity index (χ3n) is 5.50. The van der Waals surface area contributed by atoms with Crippen LogP contribution in [0.25, 0.3) is 0 Å². The zero-order valence-electron chi connectivity index (χ0n) is 18.1. The van der Waals surface area contributed by atoms with Gasteiger partial charge in [-0.15, -0.1) is 0 Å². The van der Waals surface area contributed by atoms with Crippen molar-refractivity contribution < 1.29 is 27.5 Å². The fourth-order valence-electron chi connectivity index (χ4n) is 3.82. The maximum Gasteiger partial charge on any atom is 0.405 e. The third-order valence-corrected chi connectivity index (χ3v) is 7.30. The van der Waals surface area contributed by atoms with E-state index in [1.165, 1.54) is 16.4 Å². The highest BCUT2D eigenvalue weighted by molar-refractivity contribution is 7.89. The van der Waals surface area contributed by atoms with E-state index >= 15 is 0 Å².